The molecule has 0 amide bonds. The average molecular weight is 310 g/mol. The third kappa shape index (κ3) is 2.32. The SMILES string of the molecule is Cc1c2c(nn1-c1ccc(O)cc1C(F)(F)F)CCC(O)=C2. The van der Waals surface area contributed by atoms with E-state index in [0.29, 0.717) is 35.9 Å². The quantitative estimate of drug-likeness (QED) is 0.843. The van der Waals surface area contributed by atoms with Crippen molar-refractivity contribution in [2.75, 3.05) is 0 Å². The van der Waals surface area contributed by atoms with Gasteiger partial charge in [0.15, 0.2) is 0 Å². The fraction of sp³-hybridized carbons (Fsp3) is 0.267. The Morgan fingerprint density at radius 2 is 1.91 bits per heavy atom. The number of fused-ring (bicyclic) bond motifs is 1. The van der Waals surface area contributed by atoms with E-state index in [1.807, 2.05) is 0 Å². The molecule has 2 aromatic rings. The molecule has 1 aromatic carbocycles. The maximum atomic E-state index is 13.2. The van der Waals surface area contributed by atoms with Crippen molar-refractivity contribution < 1.29 is 23.4 Å². The smallest absolute Gasteiger partial charge is 0.418 e. The summed E-state index contributed by atoms with van der Waals surface area (Å²) in [7, 11) is 0. The van der Waals surface area contributed by atoms with Gasteiger partial charge in [0.2, 0.25) is 0 Å². The Morgan fingerprint density at radius 1 is 1.18 bits per heavy atom. The topological polar surface area (TPSA) is 58.3 Å². The van der Waals surface area contributed by atoms with Gasteiger partial charge in [-0.05, 0) is 37.6 Å². The van der Waals surface area contributed by atoms with Gasteiger partial charge < -0.3 is 10.2 Å². The van der Waals surface area contributed by atoms with Crippen molar-refractivity contribution in [2.24, 2.45) is 0 Å². The number of phenols is 1. The van der Waals surface area contributed by atoms with Crippen LogP contribution in [0.15, 0.2) is 24.0 Å². The second-order valence-corrected chi connectivity index (χ2v) is 5.19. The Hall–Kier alpha value is -2.44. The van der Waals surface area contributed by atoms with Crippen LogP contribution in [-0.4, -0.2) is 20.0 Å². The molecule has 7 heteroatoms. The summed E-state index contributed by atoms with van der Waals surface area (Å²) in [5.41, 5.74) is 0.702. The Balaban J connectivity index is 2.22. The van der Waals surface area contributed by atoms with Crippen molar-refractivity contribution in [3.05, 3.63) is 46.5 Å². The summed E-state index contributed by atoms with van der Waals surface area (Å²) >= 11 is 0. The van der Waals surface area contributed by atoms with Crippen LogP contribution in [0.25, 0.3) is 11.8 Å². The number of phenolic OH excluding ortho intramolecular Hbond substituents is 1. The number of aliphatic hydroxyl groups is 1. The highest BCUT2D eigenvalue weighted by atomic mass is 19.4. The Kier molecular flexibility index (Phi) is 3.16. The van der Waals surface area contributed by atoms with Crippen molar-refractivity contribution in [1.29, 1.82) is 0 Å². The zero-order valence-corrected chi connectivity index (χ0v) is 11.6. The number of benzene rings is 1. The maximum absolute atomic E-state index is 13.2. The normalized spacial score (nSPS) is 14.6. The van der Waals surface area contributed by atoms with E-state index >= 15 is 0 Å². The van der Waals surface area contributed by atoms with Crippen LogP contribution in [0, 0.1) is 6.92 Å². The van der Waals surface area contributed by atoms with Crippen LogP contribution in [0.1, 0.15) is 28.9 Å². The first-order chi connectivity index (χ1) is 10.3. The van der Waals surface area contributed by atoms with Crippen LogP contribution in [0.4, 0.5) is 13.2 Å². The van der Waals surface area contributed by atoms with Crippen molar-refractivity contribution >= 4 is 6.08 Å². The molecule has 3 rings (SSSR count). The van der Waals surface area contributed by atoms with Crippen molar-refractivity contribution in [2.45, 2.75) is 25.9 Å². The summed E-state index contributed by atoms with van der Waals surface area (Å²) in [5, 5.41) is 23.2. The van der Waals surface area contributed by atoms with Crippen molar-refractivity contribution in [1.82, 2.24) is 9.78 Å². The number of aliphatic hydroxyl groups excluding tert-OH is 1. The highest BCUT2D eigenvalue weighted by Crippen LogP contribution is 2.37. The van der Waals surface area contributed by atoms with Crippen molar-refractivity contribution in [3.8, 4) is 11.4 Å². The largest absolute Gasteiger partial charge is 0.512 e. The molecule has 1 aromatic heterocycles. The summed E-state index contributed by atoms with van der Waals surface area (Å²) in [6.07, 6.45) is -2.17. The van der Waals surface area contributed by atoms with E-state index in [0.717, 1.165) is 0 Å². The predicted octanol–water partition coefficient (Wildman–Crippen LogP) is 3.75. The molecule has 22 heavy (non-hydrogen) atoms. The summed E-state index contributed by atoms with van der Waals surface area (Å²) in [4.78, 5) is 0. The van der Waals surface area contributed by atoms with Gasteiger partial charge in [0.1, 0.15) is 5.75 Å². The summed E-state index contributed by atoms with van der Waals surface area (Å²) in [6.45, 7) is 1.65. The molecule has 0 aliphatic heterocycles. The van der Waals surface area contributed by atoms with Gasteiger partial charge in [0, 0.05) is 17.7 Å². The van der Waals surface area contributed by atoms with E-state index in [4.69, 9.17) is 0 Å². The van der Waals surface area contributed by atoms with Crippen LogP contribution < -0.4 is 0 Å². The van der Waals surface area contributed by atoms with Gasteiger partial charge in [-0.1, -0.05) is 0 Å². The molecule has 0 spiro atoms. The zero-order chi connectivity index (χ0) is 16.1. The first-order valence-corrected chi connectivity index (χ1v) is 6.66. The van der Waals surface area contributed by atoms with Gasteiger partial charge in [-0.15, -0.1) is 0 Å². The van der Waals surface area contributed by atoms with Crippen LogP contribution in [-0.2, 0) is 12.6 Å². The molecule has 116 valence electrons. The number of hydrogen-bond acceptors (Lipinski definition) is 3. The fourth-order valence-electron chi connectivity index (χ4n) is 2.60. The van der Waals surface area contributed by atoms with Gasteiger partial charge >= 0.3 is 6.18 Å². The third-order valence-electron chi connectivity index (χ3n) is 3.68. The van der Waals surface area contributed by atoms with Crippen molar-refractivity contribution in [3.63, 3.8) is 0 Å². The van der Waals surface area contributed by atoms with Crippen LogP contribution in [0.2, 0.25) is 0 Å². The number of alkyl halides is 3. The molecule has 0 saturated heterocycles. The van der Waals surface area contributed by atoms with Crippen LogP contribution in [0.5, 0.6) is 5.75 Å². The zero-order valence-electron chi connectivity index (χ0n) is 11.6. The fourth-order valence-corrected chi connectivity index (χ4v) is 2.60. The number of nitrogens with zero attached hydrogens (tertiary/aromatic N) is 2. The number of aromatic hydroxyl groups is 1. The van der Waals surface area contributed by atoms with Gasteiger partial charge in [-0.25, -0.2) is 4.68 Å². The van der Waals surface area contributed by atoms with E-state index in [9.17, 15) is 23.4 Å². The van der Waals surface area contributed by atoms with Gasteiger partial charge in [-0.3, -0.25) is 0 Å². The highest BCUT2D eigenvalue weighted by Gasteiger charge is 2.35. The highest BCUT2D eigenvalue weighted by molar-refractivity contribution is 5.60. The van der Waals surface area contributed by atoms with Crippen LogP contribution in [0.3, 0.4) is 0 Å². The Morgan fingerprint density at radius 3 is 2.59 bits per heavy atom. The number of allylic oxidation sites excluding steroid dienone is 1. The summed E-state index contributed by atoms with van der Waals surface area (Å²) < 4.78 is 40.8. The molecule has 0 unspecified atom stereocenters. The van der Waals surface area contributed by atoms with E-state index < -0.39 is 17.5 Å². The summed E-state index contributed by atoms with van der Waals surface area (Å²) in [6, 6.07) is 3.06. The lowest BCUT2D eigenvalue weighted by molar-refractivity contribution is -0.137. The predicted molar refractivity (Wildman–Crippen MR) is 73.9 cm³/mol. The van der Waals surface area contributed by atoms with Gasteiger partial charge in [-0.2, -0.15) is 18.3 Å². The lowest BCUT2D eigenvalue weighted by atomic mass is 10.0. The summed E-state index contributed by atoms with van der Waals surface area (Å²) in [5.74, 6) is -0.264. The molecule has 0 atom stereocenters. The number of aromatic nitrogens is 2. The number of halogens is 3. The maximum Gasteiger partial charge on any atom is 0.418 e. The molecule has 0 saturated carbocycles. The minimum Gasteiger partial charge on any atom is -0.512 e. The molecule has 0 bridgehead atoms. The molecule has 0 radical (unpaired) electrons. The minimum atomic E-state index is -4.61. The van der Waals surface area contributed by atoms with E-state index in [2.05, 4.69) is 5.10 Å². The Bertz CT molecular complexity index is 776. The molecule has 1 heterocycles. The number of aryl methyl sites for hydroxylation is 1. The molecular formula is C15H13F3N2O2. The van der Waals surface area contributed by atoms with E-state index in [1.54, 1.807) is 6.92 Å². The lowest BCUT2D eigenvalue weighted by Crippen LogP contribution is -2.12. The van der Waals surface area contributed by atoms with E-state index in [1.165, 1.54) is 22.9 Å². The number of rotatable bonds is 1. The second-order valence-electron chi connectivity index (χ2n) is 5.19. The minimum absolute atomic E-state index is 0.148. The Labute approximate surface area is 124 Å². The molecular weight excluding hydrogens is 297 g/mol. The first kappa shape index (κ1) is 14.5. The molecule has 4 nitrogen and oxygen atoms in total. The van der Waals surface area contributed by atoms with Gasteiger partial charge in [0.05, 0.1) is 22.7 Å². The first-order valence-electron chi connectivity index (χ1n) is 6.66. The molecule has 1 aliphatic carbocycles. The molecule has 2 N–H and O–H groups in total. The molecule has 0 fully saturated rings. The lowest BCUT2D eigenvalue weighted by Gasteiger charge is -2.14. The van der Waals surface area contributed by atoms with Crippen LogP contribution >= 0.6 is 0 Å². The third-order valence-corrected chi connectivity index (χ3v) is 3.68. The van der Waals surface area contributed by atoms with E-state index in [-0.39, 0.29) is 11.4 Å². The van der Waals surface area contributed by atoms with Gasteiger partial charge in [0.25, 0.3) is 0 Å². The molecule has 1 aliphatic rings. The average Bonchev–Trinajstić information content (AvgIpc) is 2.75. The number of hydrogen-bond donors (Lipinski definition) is 2. The standard InChI is InChI=1S/C15H13F3N2O2/c1-8-11-6-9(21)2-4-13(11)19-20(8)14-5-3-10(22)7-12(14)15(16,17)18/h3,5-7,21-22H,2,4H2,1H3. The monoisotopic (exact) mass is 310 g/mol. The second kappa shape index (κ2) is 4.79.